The van der Waals surface area contributed by atoms with Crippen molar-refractivity contribution in [1.82, 2.24) is 10.3 Å². The van der Waals surface area contributed by atoms with Crippen LogP contribution in [0.25, 0.3) is 0 Å². The Morgan fingerprint density at radius 1 is 1.30 bits per heavy atom. The molecule has 4 heteroatoms. The molecule has 0 atom stereocenters. The maximum atomic E-state index is 12.7. The predicted molar refractivity (Wildman–Crippen MR) is 78.8 cm³/mol. The van der Waals surface area contributed by atoms with Crippen LogP contribution in [0.15, 0.2) is 42.7 Å². The van der Waals surface area contributed by atoms with Crippen LogP contribution in [0.3, 0.4) is 0 Å². The summed E-state index contributed by atoms with van der Waals surface area (Å²) < 4.78 is 0. The molecule has 0 bridgehead atoms. The lowest BCUT2D eigenvalue weighted by atomic mass is 10.1. The van der Waals surface area contributed by atoms with E-state index in [9.17, 15) is 4.79 Å². The fourth-order valence-electron chi connectivity index (χ4n) is 2.50. The van der Waals surface area contributed by atoms with E-state index in [2.05, 4.69) is 16.4 Å². The highest BCUT2D eigenvalue weighted by molar-refractivity contribution is 6.06. The summed E-state index contributed by atoms with van der Waals surface area (Å²) in [5.74, 6) is 0.0114. The van der Waals surface area contributed by atoms with E-state index >= 15 is 0 Å². The zero-order valence-electron chi connectivity index (χ0n) is 11.5. The number of hydrogen-bond acceptors (Lipinski definition) is 3. The van der Waals surface area contributed by atoms with Crippen molar-refractivity contribution in [3.8, 4) is 0 Å². The van der Waals surface area contributed by atoms with Crippen LogP contribution >= 0.6 is 0 Å². The van der Waals surface area contributed by atoms with Crippen molar-refractivity contribution >= 4 is 11.6 Å². The van der Waals surface area contributed by atoms with Crippen molar-refractivity contribution in [2.45, 2.75) is 13.5 Å². The number of pyridine rings is 1. The maximum Gasteiger partial charge on any atom is 0.259 e. The first-order valence-electron chi connectivity index (χ1n) is 6.78. The molecule has 0 saturated heterocycles. The Kier molecular flexibility index (Phi) is 3.48. The molecule has 1 aliphatic rings. The molecule has 1 aromatic heterocycles. The van der Waals surface area contributed by atoms with Gasteiger partial charge in [0.1, 0.15) is 0 Å². The summed E-state index contributed by atoms with van der Waals surface area (Å²) in [4.78, 5) is 18.7. The van der Waals surface area contributed by atoms with Crippen LogP contribution < -0.4 is 10.2 Å². The number of nitrogens with one attached hydrogen (secondary N) is 1. The summed E-state index contributed by atoms with van der Waals surface area (Å²) in [5.41, 5.74) is 3.78. The molecule has 2 heterocycles. The summed E-state index contributed by atoms with van der Waals surface area (Å²) in [7, 11) is 0. The van der Waals surface area contributed by atoms with Crippen LogP contribution in [-0.2, 0) is 6.54 Å². The Balaban J connectivity index is 1.99. The second kappa shape index (κ2) is 5.43. The summed E-state index contributed by atoms with van der Waals surface area (Å²) in [5, 5.41) is 3.34. The molecular formula is C16H17N3O. The SMILES string of the molecule is Cc1cncc(C(=O)N2CCNCc3ccccc32)c1. The molecule has 0 aliphatic carbocycles. The number of fused-ring (bicyclic) bond motifs is 1. The molecule has 1 aromatic carbocycles. The molecule has 0 saturated carbocycles. The lowest BCUT2D eigenvalue weighted by molar-refractivity contribution is 0.0987. The van der Waals surface area contributed by atoms with E-state index in [1.54, 1.807) is 12.4 Å². The van der Waals surface area contributed by atoms with E-state index < -0.39 is 0 Å². The molecular weight excluding hydrogens is 250 g/mol. The molecule has 1 amide bonds. The minimum absolute atomic E-state index is 0.0114. The molecule has 3 rings (SSSR count). The first kappa shape index (κ1) is 12.8. The van der Waals surface area contributed by atoms with Crippen molar-refractivity contribution in [3.05, 3.63) is 59.4 Å². The van der Waals surface area contributed by atoms with E-state index in [-0.39, 0.29) is 5.91 Å². The first-order chi connectivity index (χ1) is 9.75. The van der Waals surface area contributed by atoms with Gasteiger partial charge in [-0.3, -0.25) is 9.78 Å². The van der Waals surface area contributed by atoms with Crippen molar-refractivity contribution < 1.29 is 4.79 Å². The normalized spacial score (nSPS) is 14.6. The van der Waals surface area contributed by atoms with Gasteiger partial charge in [0.25, 0.3) is 5.91 Å². The number of nitrogens with zero attached hydrogens (tertiary/aromatic N) is 2. The monoisotopic (exact) mass is 267 g/mol. The standard InChI is InChI=1S/C16H17N3O/c1-12-8-14(11-18-9-12)16(20)19-7-6-17-10-13-4-2-3-5-15(13)19/h2-5,8-9,11,17H,6-7,10H2,1H3. The third-order valence-corrected chi connectivity index (χ3v) is 3.48. The number of anilines is 1. The molecule has 0 fully saturated rings. The number of benzene rings is 1. The lowest BCUT2D eigenvalue weighted by Crippen LogP contribution is -2.34. The van der Waals surface area contributed by atoms with Gasteiger partial charge in [0, 0.05) is 37.7 Å². The van der Waals surface area contributed by atoms with Crippen molar-refractivity contribution in [2.75, 3.05) is 18.0 Å². The number of aryl methyl sites for hydroxylation is 1. The van der Waals surface area contributed by atoms with Gasteiger partial charge in [-0.25, -0.2) is 0 Å². The molecule has 0 unspecified atom stereocenters. The van der Waals surface area contributed by atoms with Crippen LogP contribution in [0, 0.1) is 6.92 Å². The van der Waals surface area contributed by atoms with Gasteiger partial charge in [0.15, 0.2) is 0 Å². The van der Waals surface area contributed by atoms with Crippen molar-refractivity contribution in [2.24, 2.45) is 0 Å². The van der Waals surface area contributed by atoms with E-state index in [1.165, 1.54) is 0 Å². The number of carbonyl (C=O) groups is 1. The zero-order chi connectivity index (χ0) is 13.9. The van der Waals surface area contributed by atoms with E-state index in [1.807, 2.05) is 36.1 Å². The number of aromatic nitrogens is 1. The molecule has 0 spiro atoms. The maximum absolute atomic E-state index is 12.7. The molecule has 0 radical (unpaired) electrons. The van der Waals surface area contributed by atoms with Gasteiger partial charge in [-0.2, -0.15) is 0 Å². The van der Waals surface area contributed by atoms with Gasteiger partial charge in [0.2, 0.25) is 0 Å². The zero-order valence-corrected chi connectivity index (χ0v) is 11.5. The van der Waals surface area contributed by atoms with Crippen LogP contribution in [0.5, 0.6) is 0 Å². The van der Waals surface area contributed by atoms with Gasteiger partial charge in [-0.05, 0) is 30.2 Å². The topological polar surface area (TPSA) is 45.2 Å². The smallest absolute Gasteiger partial charge is 0.259 e. The van der Waals surface area contributed by atoms with Crippen molar-refractivity contribution in [3.63, 3.8) is 0 Å². The number of rotatable bonds is 1. The Bertz CT molecular complexity index is 639. The third kappa shape index (κ3) is 2.42. The van der Waals surface area contributed by atoms with E-state index in [0.717, 1.165) is 29.9 Å². The fourth-order valence-corrected chi connectivity index (χ4v) is 2.50. The molecule has 2 aromatic rings. The van der Waals surface area contributed by atoms with Crippen LogP contribution in [0.2, 0.25) is 0 Å². The highest BCUT2D eigenvalue weighted by Crippen LogP contribution is 2.23. The lowest BCUT2D eigenvalue weighted by Gasteiger charge is -2.22. The number of carbonyl (C=O) groups excluding carboxylic acids is 1. The highest BCUT2D eigenvalue weighted by atomic mass is 16.2. The van der Waals surface area contributed by atoms with Crippen molar-refractivity contribution in [1.29, 1.82) is 0 Å². The highest BCUT2D eigenvalue weighted by Gasteiger charge is 2.22. The Morgan fingerprint density at radius 3 is 3.00 bits per heavy atom. The molecule has 102 valence electrons. The van der Waals surface area contributed by atoms with E-state index in [0.29, 0.717) is 12.1 Å². The van der Waals surface area contributed by atoms with Gasteiger partial charge in [-0.15, -0.1) is 0 Å². The first-order valence-corrected chi connectivity index (χ1v) is 6.78. The Labute approximate surface area is 118 Å². The fraction of sp³-hybridized carbons (Fsp3) is 0.250. The van der Waals surface area contributed by atoms with Gasteiger partial charge >= 0.3 is 0 Å². The second-order valence-corrected chi connectivity index (χ2v) is 5.01. The quantitative estimate of drug-likeness (QED) is 0.861. The summed E-state index contributed by atoms with van der Waals surface area (Å²) in [6.45, 7) is 4.21. The minimum atomic E-state index is 0.0114. The third-order valence-electron chi connectivity index (χ3n) is 3.48. The largest absolute Gasteiger partial charge is 0.311 e. The van der Waals surface area contributed by atoms with E-state index in [4.69, 9.17) is 0 Å². The average molecular weight is 267 g/mol. The van der Waals surface area contributed by atoms with Crippen LogP contribution in [0.4, 0.5) is 5.69 Å². The minimum Gasteiger partial charge on any atom is -0.311 e. The molecule has 20 heavy (non-hydrogen) atoms. The second-order valence-electron chi connectivity index (χ2n) is 5.01. The average Bonchev–Trinajstić information content (AvgIpc) is 2.69. The molecule has 4 nitrogen and oxygen atoms in total. The summed E-state index contributed by atoms with van der Waals surface area (Å²) in [6.07, 6.45) is 3.39. The number of hydrogen-bond donors (Lipinski definition) is 1. The summed E-state index contributed by atoms with van der Waals surface area (Å²) in [6, 6.07) is 9.92. The Morgan fingerprint density at radius 2 is 2.15 bits per heavy atom. The van der Waals surface area contributed by atoms with Crippen LogP contribution in [0.1, 0.15) is 21.5 Å². The molecule has 1 aliphatic heterocycles. The predicted octanol–water partition coefficient (Wildman–Crippen LogP) is 2.14. The molecule has 1 N–H and O–H groups in total. The van der Waals surface area contributed by atoms with Gasteiger partial charge < -0.3 is 10.2 Å². The Hall–Kier alpha value is -2.20. The van der Waals surface area contributed by atoms with Crippen LogP contribution in [-0.4, -0.2) is 24.0 Å². The number of para-hydroxylation sites is 1. The van der Waals surface area contributed by atoms with Gasteiger partial charge in [-0.1, -0.05) is 18.2 Å². The summed E-state index contributed by atoms with van der Waals surface area (Å²) >= 11 is 0. The number of amides is 1. The van der Waals surface area contributed by atoms with Gasteiger partial charge in [0.05, 0.1) is 5.56 Å².